The van der Waals surface area contributed by atoms with Crippen LogP contribution in [0.2, 0.25) is 5.15 Å². The fourth-order valence-corrected chi connectivity index (χ4v) is 2.79. The molecule has 0 bridgehead atoms. The van der Waals surface area contributed by atoms with E-state index < -0.39 is 0 Å². The lowest BCUT2D eigenvalue weighted by atomic mass is 9.98. The molecule has 5 heteroatoms. The monoisotopic (exact) mass is 291 g/mol. The smallest absolute Gasteiger partial charge is 0.137 e. The second kappa shape index (κ2) is 5.54. The molecule has 2 aromatic heterocycles. The molecule has 0 amide bonds. The molecular formula is C15H18ClN3O. The molecule has 1 unspecified atom stereocenters. The Hall–Kier alpha value is -1.39. The second-order valence-electron chi connectivity index (χ2n) is 5.29. The first-order valence-corrected chi connectivity index (χ1v) is 7.26. The van der Waals surface area contributed by atoms with Crippen LogP contribution in [0.15, 0.2) is 18.5 Å². The summed E-state index contributed by atoms with van der Waals surface area (Å²) in [5, 5.41) is 2.73. The fraction of sp³-hybridized carbons (Fsp3) is 0.467. The third-order valence-electron chi connectivity index (χ3n) is 3.85. The summed E-state index contributed by atoms with van der Waals surface area (Å²) in [4.78, 5) is 11.2. The van der Waals surface area contributed by atoms with Crippen LogP contribution in [0.5, 0.6) is 0 Å². The summed E-state index contributed by atoms with van der Waals surface area (Å²) < 4.78 is 5.26. The van der Waals surface area contributed by atoms with Crippen LogP contribution in [0.25, 0.3) is 10.8 Å². The number of anilines is 1. The first kappa shape index (κ1) is 13.6. The summed E-state index contributed by atoms with van der Waals surface area (Å²) in [5.74, 6) is 1.29. The van der Waals surface area contributed by atoms with E-state index in [0.29, 0.717) is 11.8 Å². The SMILES string of the molecule is COCC(C)c1cnc(N2CCC2)c2cnc(Cl)cc12. The Labute approximate surface area is 123 Å². The minimum atomic E-state index is 0.277. The predicted molar refractivity (Wildman–Crippen MR) is 81.7 cm³/mol. The Morgan fingerprint density at radius 2 is 2.10 bits per heavy atom. The summed E-state index contributed by atoms with van der Waals surface area (Å²) in [6.07, 6.45) is 5.02. The molecule has 2 aromatic rings. The molecule has 1 saturated heterocycles. The standard InChI is InChI=1S/C15H18ClN3O/c1-10(9-20-2)12-7-18-15(19-4-3-5-19)13-8-17-14(16)6-11(12)13/h6-8,10H,3-5,9H2,1-2H3. The Morgan fingerprint density at radius 1 is 1.30 bits per heavy atom. The van der Waals surface area contributed by atoms with E-state index in [-0.39, 0.29) is 5.92 Å². The summed E-state index contributed by atoms with van der Waals surface area (Å²) in [6, 6.07) is 1.93. The first-order chi connectivity index (χ1) is 9.70. The molecule has 0 radical (unpaired) electrons. The maximum atomic E-state index is 6.08. The maximum Gasteiger partial charge on any atom is 0.137 e. The van der Waals surface area contributed by atoms with E-state index in [0.717, 1.165) is 35.2 Å². The quantitative estimate of drug-likeness (QED) is 0.811. The molecule has 106 valence electrons. The summed E-state index contributed by atoms with van der Waals surface area (Å²) >= 11 is 6.08. The number of hydrogen-bond donors (Lipinski definition) is 0. The third-order valence-corrected chi connectivity index (χ3v) is 4.06. The Bertz CT molecular complexity index is 628. The van der Waals surface area contributed by atoms with Crippen molar-refractivity contribution in [2.24, 2.45) is 0 Å². The number of rotatable bonds is 4. The fourth-order valence-electron chi connectivity index (χ4n) is 2.63. The normalized spacial score (nSPS) is 16.2. The molecule has 20 heavy (non-hydrogen) atoms. The van der Waals surface area contributed by atoms with Crippen molar-refractivity contribution in [1.29, 1.82) is 0 Å². The third kappa shape index (κ3) is 2.34. The average Bonchev–Trinajstić information content (AvgIpc) is 2.36. The predicted octanol–water partition coefficient (Wildman–Crippen LogP) is 3.24. The Kier molecular flexibility index (Phi) is 3.76. The lowest BCUT2D eigenvalue weighted by molar-refractivity contribution is 0.184. The van der Waals surface area contributed by atoms with Crippen LogP contribution >= 0.6 is 11.6 Å². The van der Waals surface area contributed by atoms with E-state index in [9.17, 15) is 0 Å². The van der Waals surface area contributed by atoms with Gasteiger partial charge < -0.3 is 9.64 Å². The van der Waals surface area contributed by atoms with Crippen LogP contribution in [-0.2, 0) is 4.74 Å². The van der Waals surface area contributed by atoms with Crippen LogP contribution in [0, 0.1) is 0 Å². The van der Waals surface area contributed by atoms with Gasteiger partial charge in [-0.05, 0) is 23.4 Å². The van der Waals surface area contributed by atoms with Gasteiger partial charge in [0.1, 0.15) is 11.0 Å². The van der Waals surface area contributed by atoms with E-state index in [1.807, 2.05) is 18.5 Å². The van der Waals surface area contributed by atoms with E-state index >= 15 is 0 Å². The zero-order valence-electron chi connectivity index (χ0n) is 11.8. The van der Waals surface area contributed by atoms with Gasteiger partial charge in [0, 0.05) is 43.9 Å². The van der Waals surface area contributed by atoms with Gasteiger partial charge >= 0.3 is 0 Å². The number of aromatic nitrogens is 2. The van der Waals surface area contributed by atoms with Gasteiger partial charge in [-0.3, -0.25) is 0 Å². The van der Waals surface area contributed by atoms with E-state index in [4.69, 9.17) is 16.3 Å². The molecule has 3 heterocycles. The first-order valence-electron chi connectivity index (χ1n) is 6.88. The number of methoxy groups -OCH3 is 1. The molecule has 0 N–H and O–H groups in total. The number of pyridine rings is 2. The van der Waals surface area contributed by atoms with Crippen molar-refractivity contribution in [3.8, 4) is 0 Å². The molecule has 0 aliphatic carbocycles. The van der Waals surface area contributed by atoms with Gasteiger partial charge in [0.25, 0.3) is 0 Å². The second-order valence-corrected chi connectivity index (χ2v) is 5.67. The highest BCUT2D eigenvalue weighted by atomic mass is 35.5. The zero-order chi connectivity index (χ0) is 14.1. The molecule has 1 fully saturated rings. The summed E-state index contributed by atoms with van der Waals surface area (Å²) in [7, 11) is 1.72. The summed E-state index contributed by atoms with van der Waals surface area (Å²) in [5.41, 5.74) is 1.16. The molecule has 1 atom stereocenters. The molecule has 3 rings (SSSR count). The highest BCUT2D eigenvalue weighted by molar-refractivity contribution is 6.30. The number of halogens is 1. The molecule has 1 aliphatic rings. The highest BCUT2D eigenvalue weighted by Gasteiger charge is 2.21. The zero-order valence-corrected chi connectivity index (χ0v) is 12.5. The van der Waals surface area contributed by atoms with Gasteiger partial charge in [-0.25, -0.2) is 9.97 Å². The number of nitrogens with zero attached hydrogens (tertiary/aromatic N) is 3. The van der Waals surface area contributed by atoms with Gasteiger partial charge in [-0.1, -0.05) is 18.5 Å². The van der Waals surface area contributed by atoms with Crippen molar-refractivity contribution >= 4 is 28.2 Å². The summed E-state index contributed by atoms with van der Waals surface area (Å²) in [6.45, 7) is 4.94. The molecular weight excluding hydrogens is 274 g/mol. The van der Waals surface area contributed by atoms with Gasteiger partial charge in [-0.15, -0.1) is 0 Å². The van der Waals surface area contributed by atoms with Crippen molar-refractivity contribution in [2.45, 2.75) is 19.3 Å². The van der Waals surface area contributed by atoms with Crippen molar-refractivity contribution in [3.63, 3.8) is 0 Å². The maximum absolute atomic E-state index is 6.08. The highest BCUT2D eigenvalue weighted by Crippen LogP contribution is 2.33. The Balaban J connectivity index is 2.14. The molecule has 0 saturated carbocycles. The van der Waals surface area contributed by atoms with Gasteiger partial charge in [0.05, 0.1) is 6.61 Å². The van der Waals surface area contributed by atoms with E-state index in [1.165, 1.54) is 6.42 Å². The number of fused-ring (bicyclic) bond motifs is 1. The lowest BCUT2D eigenvalue weighted by Crippen LogP contribution is -2.37. The molecule has 4 nitrogen and oxygen atoms in total. The number of hydrogen-bond acceptors (Lipinski definition) is 4. The van der Waals surface area contributed by atoms with Crippen LogP contribution in [-0.4, -0.2) is 36.8 Å². The van der Waals surface area contributed by atoms with E-state index in [1.54, 1.807) is 7.11 Å². The van der Waals surface area contributed by atoms with Crippen molar-refractivity contribution in [2.75, 3.05) is 31.7 Å². The van der Waals surface area contributed by atoms with Crippen LogP contribution in [0.3, 0.4) is 0 Å². The van der Waals surface area contributed by atoms with Crippen molar-refractivity contribution < 1.29 is 4.74 Å². The number of ether oxygens (including phenoxy) is 1. The molecule has 0 aromatic carbocycles. The van der Waals surface area contributed by atoms with Crippen molar-refractivity contribution in [1.82, 2.24) is 9.97 Å². The van der Waals surface area contributed by atoms with Crippen LogP contribution in [0.4, 0.5) is 5.82 Å². The van der Waals surface area contributed by atoms with Gasteiger partial charge in [0.15, 0.2) is 0 Å². The van der Waals surface area contributed by atoms with Crippen molar-refractivity contribution in [3.05, 3.63) is 29.2 Å². The van der Waals surface area contributed by atoms with E-state index in [2.05, 4.69) is 21.8 Å². The van der Waals surface area contributed by atoms with Gasteiger partial charge in [-0.2, -0.15) is 0 Å². The average molecular weight is 292 g/mol. The van der Waals surface area contributed by atoms with Gasteiger partial charge in [0.2, 0.25) is 0 Å². The van der Waals surface area contributed by atoms with Crippen LogP contribution < -0.4 is 4.90 Å². The largest absolute Gasteiger partial charge is 0.384 e. The minimum Gasteiger partial charge on any atom is -0.384 e. The minimum absolute atomic E-state index is 0.277. The molecule has 1 aliphatic heterocycles. The molecule has 0 spiro atoms. The lowest BCUT2D eigenvalue weighted by Gasteiger charge is -2.33. The Morgan fingerprint density at radius 3 is 2.75 bits per heavy atom. The van der Waals surface area contributed by atoms with Crippen LogP contribution in [0.1, 0.15) is 24.8 Å². The topological polar surface area (TPSA) is 38.2 Å².